The predicted molar refractivity (Wildman–Crippen MR) is 80.7 cm³/mol. The van der Waals surface area contributed by atoms with E-state index in [4.69, 9.17) is 23.2 Å². The van der Waals surface area contributed by atoms with Gasteiger partial charge in [-0.05, 0) is 30.3 Å². The van der Waals surface area contributed by atoms with Crippen molar-refractivity contribution in [3.63, 3.8) is 0 Å². The van der Waals surface area contributed by atoms with Crippen molar-refractivity contribution in [2.75, 3.05) is 0 Å². The molecule has 104 valence electrons. The largest absolute Gasteiger partial charge is 0.285 e. The van der Waals surface area contributed by atoms with Crippen LogP contribution in [0.2, 0.25) is 10.0 Å². The van der Waals surface area contributed by atoms with E-state index in [-0.39, 0.29) is 10.6 Å². The van der Waals surface area contributed by atoms with Crippen molar-refractivity contribution in [1.82, 2.24) is 4.98 Å². The number of benzene rings is 1. The summed E-state index contributed by atoms with van der Waals surface area (Å²) >= 11 is 11.5. The van der Waals surface area contributed by atoms with Gasteiger partial charge in [0.05, 0.1) is 10.0 Å². The number of carbonyl (C=O) groups is 2. The number of aromatic nitrogens is 1. The number of nitrogens with zero attached hydrogens (tertiary/aromatic N) is 1. The first kappa shape index (κ1) is 16.3. The van der Waals surface area contributed by atoms with E-state index >= 15 is 0 Å². The molecule has 1 aromatic heterocycles. The number of Topliss-reactive ketones (excluding diaryl/α,β-unsaturated/α-hetero) is 2. The van der Waals surface area contributed by atoms with Gasteiger partial charge in [-0.25, -0.2) is 0 Å². The molecule has 2 rings (SSSR count). The molecule has 0 spiro atoms. The van der Waals surface area contributed by atoms with Gasteiger partial charge in [0.15, 0.2) is 0 Å². The standard InChI is InChI=1S/C13H7Cl2NO2.C2H6/c14-10-2-1-9(7-11(10)15)13(18)12(17)8-3-5-16-6-4-8;1-2/h1-7H;1-2H3. The number of ketones is 2. The predicted octanol–water partition coefficient (Wildman–Crippen LogP) is 4.48. The fourth-order valence-electron chi connectivity index (χ4n) is 1.40. The molecule has 0 unspecified atom stereocenters. The van der Waals surface area contributed by atoms with E-state index in [2.05, 4.69) is 4.98 Å². The molecule has 0 amide bonds. The molecule has 0 saturated heterocycles. The first-order valence-electron chi connectivity index (χ1n) is 6.03. The van der Waals surface area contributed by atoms with E-state index in [1.807, 2.05) is 13.8 Å². The second-order valence-corrected chi connectivity index (χ2v) is 4.34. The van der Waals surface area contributed by atoms with E-state index < -0.39 is 11.6 Å². The van der Waals surface area contributed by atoms with Crippen LogP contribution in [0.25, 0.3) is 0 Å². The summed E-state index contributed by atoms with van der Waals surface area (Å²) in [7, 11) is 0. The van der Waals surface area contributed by atoms with Gasteiger partial charge >= 0.3 is 0 Å². The second kappa shape index (κ2) is 7.78. The van der Waals surface area contributed by atoms with Gasteiger partial charge in [-0.3, -0.25) is 14.6 Å². The van der Waals surface area contributed by atoms with E-state index in [0.29, 0.717) is 10.6 Å². The van der Waals surface area contributed by atoms with Crippen LogP contribution in [0.15, 0.2) is 42.7 Å². The van der Waals surface area contributed by atoms with E-state index in [1.54, 1.807) is 0 Å². The van der Waals surface area contributed by atoms with Gasteiger partial charge in [-0.2, -0.15) is 0 Å². The number of pyridine rings is 1. The number of rotatable bonds is 3. The number of carbonyl (C=O) groups excluding carboxylic acids is 2. The Bertz CT molecular complexity index is 613. The topological polar surface area (TPSA) is 47.0 Å². The lowest BCUT2D eigenvalue weighted by molar-refractivity contribution is 0.0817. The number of hydrogen-bond donors (Lipinski definition) is 0. The molecule has 0 atom stereocenters. The maximum Gasteiger partial charge on any atom is 0.233 e. The maximum absolute atomic E-state index is 11.9. The molecule has 0 fully saturated rings. The highest BCUT2D eigenvalue weighted by Gasteiger charge is 2.18. The van der Waals surface area contributed by atoms with Crippen LogP contribution in [0.1, 0.15) is 34.6 Å². The molecule has 0 saturated carbocycles. The fraction of sp³-hybridized carbons (Fsp3) is 0.133. The fourth-order valence-corrected chi connectivity index (χ4v) is 1.70. The zero-order valence-electron chi connectivity index (χ0n) is 11.1. The van der Waals surface area contributed by atoms with Crippen molar-refractivity contribution in [2.45, 2.75) is 13.8 Å². The van der Waals surface area contributed by atoms with Gasteiger partial charge in [0.2, 0.25) is 11.6 Å². The zero-order chi connectivity index (χ0) is 15.1. The maximum atomic E-state index is 11.9. The molecule has 5 heteroatoms. The monoisotopic (exact) mass is 309 g/mol. The van der Waals surface area contributed by atoms with E-state index in [0.717, 1.165) is 0 Å². The molecule has 0 N–H and O–H groups in total. The Morgan fingerprint density at radius 2 is 1.40 bits per heavy atom. The second-order valence-electron chi connectivity index (χ2n) is 3.52. The lowest BCUT2D eigenvalue weighted by Crippen LogP contribution is -2.14. The molecule has 0 aliphatic rings. The van der Waals surface area contributed by atoms with Crippen LogP contribution in [0, 0.1) is 0 Å². The van der Waals surface area contributed by atoms with Crippen LogP contribution >= 0.6 is 23.2 Å². The Kier molecular flexibility index (Phi) is 6.36. The van der Waals surface area contributed by atoms with Crippen LogP contribution in [0.4, 0.5) is 0 Å². The van der Waals surface area contributed by atoms with Crippen LogP contribution in [0.3, 0.4) is 0 Å². The summed E-state index contributed by atoms with van der Waals surface area (Å²) in [6.45, 7) is 4.00. The molecular formula is C15H13Cl2NO2. The SMILES string of the molecule is CC.O=C(C(=O)c1ccc(Cl)c(Cl)c1)c1ccncc1. The first-order valence-corrected chi connectivity index (χ1v) is 6.79. The highest BCUT2D eigenvalue weighted by atomic mass is 35.5. The average molecular weight is 310 g/mol. The molecule has 2 aromatic rings. The molecule has 3 nitrogen and oxygen atoms in total. The molecule has 1 aromatic carbocycles. The summed E-state index contributed by atoms with van der Waals surface area (Å²) in [4.78, 5) is 27.6. The highest BCUT2D eigenvalue weighted by Crippen LogP contribution is 2.23. The third-order valence-electron chi connectivity index (χ3n) is 2.33. The smallest absolute Gasteiger partial charge is 0.233 e. The third kappa shape index (κ3) is 3.89. The summed E-state index contributed by atoms with van der Waals surface area (Å²) < 4.78 is 0. The molecule has 20 heavy (non-hydrogen) atoms. The molecule has 1 heterocycles. The number of hydrogen-bond acceptors (Lipinski definition) is 3. The summed E-state index contributed by atoms with van der Waals surface area (Å²) in [6.07, 6.45) is 2.91. The first-order chi connectivity index (χ1) is 9.59. The molecule has 0 aliphatic carbocycles. The minimum Gasteiger partial charge on any atom is -0.285 e. The Labute approximate surface area is 127 Å². The van der Waals surface area contributed by atoms with Crippen LogP contribution in [0.5, 0.6) is 0 Å². The van der Waals surface area contributed by atoms with Gasteiger partial charge in [0.25, 0.3) is 0 Å². The van der Waals surface area contributed by atoms with Crippen molar-refractivity contribution >= 4 is 34.8 Å². The lowest BCUT2D eigenvalue weighted by Gasteiger charge is -2.02. The van der Waals surface area contributed by atoms with Gasteiger partial charge in [0.1, 0.15) is 0 Å². The molecular weight excluding hydrogens is 297 g/mol. The minimum atomic E-state index is -0.625. The zero-order valence-corrected chi connectivity index (χ0v) is 12.6. The van der Waals surface area contributed by atoms with Crippen molar-refractivity contribution in [2.24, 2.45) is 0 Å². The van der Waals surface area contributed by atoms with Gasteiger partial charge in [0, 0.05) is 23.5 Å². The lowest BCUT2D eigenvalue weighted by atomic mass is 10.0. The van der Waals surface area contributed by atoms with Gasteiger partial charge < -0.3 is 0 Å². The van der Waals surface area contributed by atoms with Crippen LogP contribution in [-0.4, -0.2) is 16.6 Å². The van der Waals surface area contributed by atoms with E-state index in [1.165, 1.54) is 42.7 Å². The van der Waals surface area contributed by atoms with Crippen molar-refractivity contribution < 1.29 is 9.59 Å². The van der Waals surface area contributed by atoms with Gasteiger partial charge in [-0.1, -0.05) is 37.0 Å². The Morgan fingerprint density at radius 1 is 0.850 bits per heavy atom. The van der Waals surface area contributed by atoms with Crippen LogP contribution in [-0.2, 0) is 0 Å². The van der Waals surface area contributed by atoms with Crippen molar-refractivity contribution in [3.8, 4) is 0 Å². The van der Waals surface area contributed by atoms with E-state index in [9.17, 15) is 9.59 Å². The molecule has 0 bridgehead atoms. The molecule has 0 radical (unpaired) electrons. The minimum absolute atomic E-state index is 0.214. The summed E-state index contributed by atoms with van der Waals surface area (Å²) in [6, 6.07) is 7.30. The number of halogens is 2. The van der Waals surface area contributed by atoms with Crippen molar-refractivity contribution in [3.05, 3.63) is 63.9 Å². The summed E-state index contributed by atoms with van der Waals surface area (Å²) in [5, 5.41) is 0.578. The Morgan fingerprint density at radius 3 is 1.95 bits per heavy atom. The summed E-state index contributed by atoms with van der Waals surface area (Å²) in [5.74, 6) is -1.23. The van der Waals surface area contributed by atoms with Gasteiger partial charge in [-0.15, -0.1) is 0 Å². The normalized spacial score (nSPS) is 9.40. The third-order valence-corrected chi connectivity index (χ3v) is 3.07. The highest BCUT2D eigenvalue weighted by molar-refractivity contribution is 6.50. The Hall–Kier alpha value is -1.71. The molecule has 0 aliphatic heterocycles. The van der Waals surface area contributed by atoms with Crippen molar-refractivity contribution in [1.29, 1.82) is 0 Å². The quantitative estimate of drug-likeness (QED) is 0.620. The summed E-state index contributed by atoms with van der Waals surface area (Å²) in [5.41, 5.74) is 0.507. The van der Waals surface area contributed by atoms with Crippen LogP contribution < -0.4 is 0 Å². The average Bonchev–Trinajstić information content (AvgIpc) is 2.51. The Balaban J connectivity index is 0.000000956.